The summed E-state index contributed by atoms with van der Waals surface area (Å²) in [6.45, 7) is 4.03. The van der Waals surface area contributed by atoms with Crippen LogP contribution in [-0.2, 0) is 11.3 Å². The number of rotatable bonds is 2. The van der Waals surface area contributed by atoms with E-state index in [1.807, 2.05) is 30.0 Å². The lowest BCUT2D eigenvalue weighted by Crippen LogP contribution is -2.53. The molecule has 0 bridgehead atoms. The van der Waals surface area contributed by atoms with Crippen LogP contribution in [0.4, 0.5) is 0 Å². The van der Waals surface area contributed by atoms with E-state index in [-0.39, 0.29) is 11.9 Å². The lowest BCUT2D eigenvalue weighted by atomic mass is 10.1. The van der Waals surface area contributed by atoms with Crippen molar-refractivity contribution in [1.29, 1.82) is 0 Å². The molecule has 3 nitrogen and oxygen atoms in total. The van der Waals surface area contributed by atoms with E-state index in [2.05, 4.69) is 21.2 Å². The van der Waals surface area contributed by atoms with E-state index in [0.29, 0.717) is 11.6 Å². The van der Waals surface area contributed by atoms with Gasteiger partial charge in [-0.25, -0.2) is 0 Å². The summed E-state index contributed by atoms with van der Waals surface area (Å²) in [6.07, 6.45) is 0. The average Bonchev–Trinajstić information content (AvgIpc) is 2.28. The molecule has 1 fully saturated rings. The largest absolute Gasteiger partial charge is 0.336 e. The molecule has 0 spiro atoms. The number of benzene rings is 1. The van der Waals surface area contributed by atoms with Gasteiger partial charge in [0.25, 0.3) is 0 Å². The molecule has 1 amide bonds. The highest BCUT2D eigenvalue weighted by Gasteiger charge is 2.24. The van der Waals surface area contributed by atoms with Crippen LogP contribution in [0.1, 0.15) is 12.5 Å². The summed E-state index contributed by atoms with van der Waals surface area (Å²) in [7, 11) is 0. The maximum atomic E-state index is 11.9. The lowest BCUT2D eigenvalue weighted by molar-refractivity contribution is -0.135. The van der Waals surface area contributed by atoms with E-state index in [0.717, 1.165) is 23.1 Å². The maximum absolute atomic E-state index is 11.9. The highest BCUT2D eigenvalue weighted by atomic mass is 79.9. The standard InChI is InChI=1S/C12H14BrClN2O/c1-8-12(17)16(5-4-15-8)7-9-2-3-10(13)6-11(9)14/h2-3,6,8,15H,4-5,7H2,1H3. The van der Waals surface area contributed by atoms with Crippen molar-refractivity contribution in [3.8, 4) is 0 Å². The Hall–Kier alpha value is -0.580. The van der Waals surface area contributed by atoms with Gasteiger partial charge in [0.05, 0.1) is 6.04 Å². The summed E-state index contributed by atoms with van der Waals surface area (Å²) >= 11 is 9.52. The van der Waals surface area contributed by atoms with Gasteiger partial charge < -0.3 is 10.2 Å². The number of halogens is 2. The molecule has 0 aromatic heterocycles. The van der Waals surface area contributed by atoms with Gasteiger partial charge in [-0.15, -0.1) is 0 Å². The molecule has 5 heteroatoms. The van der Waals surface area contributed by atoms with Crippen LogP contribution in [-0.4, -0.2) is 29.9 Å². The molecule has 92 valence electrons. The van der Waals surface area contributed by atoms with Gasteiger partial charge in [0, 0.05) is 29.1 Å². The van der Waals surface area contributed by atoms with Gasteiger partial charge in [-0.2, -0.15) is 0 Å². The first-order valence-corrected chi connectivity index (χ1v) is 6.71. The molecule has 1 heterocycles. The van der Waals surface area contributed by atoms with Crippen LogP contribution < -0.4 is 5.32 Å². The van der Waals surface area contributed by atoms with Gasteiger partial charge in [-0.05, 0) is 24.6 Å². The summed E-state index contributed by atoms with van der Waals surface area (Å²) in [5.74, 6) is 0.134. The van der Waals surface area contributed by atoms with Gasteiger partial charge >= 0.3 is 0 Å². The predicted octanol–water partition coefficient (Wildman–Crippen LogP) is 2.42. The molecule has 1 aromatic rings. The topological polar surface area (TPSA) is 32.3 Å². The molecule has 1 saturated heterocycles. The third kappa shape index (κ3) is 3.00. The van der Waals surface area contributed by atoms with Crippen LogP contribution in [0, 0.1) is 0 Å². The number of hydrogen-bond donors (Lipinski definition) is 1. The van der Waals surface area contributed by atoms with Crippen LogP contribution in [0.25, 0.3) is 0 Å². The van der Waals surface area contributed by atoms with Gasteiger partial charge in [0.2, 0.25) is 5.91 Å². The molecule has 0 aliphatic carbocycles. The van der Waals surface area contributed by atoms with Crippen molar-refractivity contribution in [2.75, 3.05) is 13.1 Å². The first-order valence-electron chi connectivity index (χ1n) is 5.54. The molecule has 1 atom stereocenters. The number of nitrogens with zero attached hydrogens (tertiary/aromatic N) is 1. The molecule has 1 unspecified atom stereocenters. The normalized spacial score (nSPS) is 20.8. The van der Waals surface area contributed by atoms with Crippen molar-refractivity contribution < 1.29 is 4.79 Å². The minimum absolute atomic E-state index is 0.0991. The van der Waals surface area contributed by atoms with Crippen LogP contribution >= 0.6 is 27.5 Å². The van der Waals surface area contributed by atoms with E-state index >= 15 is 0 Å². The summed E-state index contributed by atoms with van der Waals surface area (Å²) < 4.78 is 0.950. The summed E-state index contributed by atoms with van der Waals surface area (Å²) in [4.78, 5) is 13.8. The number of amides is 1. The summed E-state index contributed by atoms with van der Waals surface area (Å²) in [5.41, 5.74) is 0.984. The molecule has 0 radical (unpaired) electrons. The summed E-state index contributed by atoms with van der Waals surface area (Å²) in [6, 6.07) is 5.65. The monoisotopic (exact) mass is 316 g/mol. The van der Waals surface area contributed by atoms with Gasteiger partial charge in [0.1, 0.15) is 0 Å². The van der Waals surface area contributed by atoms with Crippen LogP contribution in [0.2, 0.25) is 5.02 Å². The minimum atomic E-state index is -0.0991. The van der Waals surface area contributed by atoms with Crippen molar-refractivity contribution in [1.82, 2.24) is 10.2 Å². The van der Waals surface area contributed by atoms with E-state index in [1.54, 1.807) is 0 Å². The quantitative estimate of drug-likeness (QED) is 0.908. The fourth-order valence-electron chi connectivity index (χ4n) is 1.90. The third-order valence-corrected chi connectivity index (χ3v) is 3.74. The number of nitrogens with one attached hydrogen (secondary N) is 1. The fraction of sp³-hybridized carbons (Fsp3) is 0.417. The second-order valence-corrected chi connectivity index (χ2v) is 5.49. The Kier molecular flexibility index (Phi) is 4.07. The Morgan fingerprint density at radius 3 is 3.06 bits per heavy atom. The van der Waals surface area contributed by atoms with Crippen LogP contribution in [0.15, 0.2) is 22.7 Å². The third-order valence-electron chi connectivity index (χ3n) is 2.89. The first-order chi connectivity index (χ1) is 8.08. The second kappa shape index (κ2) is 5.38. The molecular weight excluding hydrogens is 304 g/mol. The van der Waals surface area contributed by atoms with E-state index in [4.69, 9.17) is 11.6 Å². The first kappa shape index (κ1) is 12.9. The zero-order valence-corrected chi connectivity index (χ0v) is 11.9. The number of piperazine rings is 1. The molecule has 2 rings (SSSR count). The predicted molar refractivity (Wildman–Crippen MR) is 72.0 cm³/mol. The SMILES string of the molecule is CC1NCCN(Cc2ccc(Br)cc2Cl)C1=O. The van der Waals surface area contributed by atoms with Crippen LogP contribution in [0.5, 0.6) is 0 Å². The maximum Gasteiger partial charge on any atom is 0.239 e. The molecular formula is C12H14BrClN2O. The smallest absolute Gasteiger partial charge is 0.239 e. The molecule has 0 saturated carbocycles. The number of hydrogen-bond acceptors (Lipinski definition) is 2. The van der Waals surface area contributed by atoms with E-state index in [9.17, 15) is 4.79 Å². The zero-order valence-electron chi connectivity index (χ0n) is 9.54. The van der Waals surface area contributed by atoms with Gasteiger partial charge in [-0.1, -0.05) is 33.6 Å². The van der Waals surface area contributed by atoms with E-state index in [1.165, 1.54) is 0 Å². The number of carbonyl (C=O) groups excluding carboxylic acids is 1. The summed E-state index contributed by atoms with van der Waals surface area (Å²) in [5, 5.41) is 3.83. The van der Waals surface area contributed by atoms with E-state index < -0.39 is 0 Å². The number of carbonyl (C=O) groups is 1. The highest BCUT2D eigenvalue weighted by Crippen LogP contribution is 2.23. The molecule has 1 N–H and O–H groups in total. The second-order valence-electron chi connectivity index (χ2n) is 4.17. The van der Waals surface area contributed by atoms with Gasteiger partial charge in [0.15, 0.2) is 0 Å². The van der Waals surface area contributed by atoms with Crippen LogP contribution in [0.3, 0.4) is 0 Å². The van der Waals surface area contributed by atoms with Crippen molar-refractivity contribution in [2.24, 2.45) is 0 Å². The molecule has 1 aliphatic heterocycles. The molecule has 1 aromatic carbocycles. The fourth-order valence-corrected chi connectivity index (χ4v) is 2.63. The lowest BCUT2D eigenvalue weighted by Gasteiger charge is -2.31. The molecule has 17 heavy (non-hydrogen) atoms. The average molecular weight is 318 g/mol. The molecule has 1 aliphatic rings. The van der Waals surface area contributed by atoms with Crippen molar-refractivity contribution in [3.05, 3.63) is 33.3 Å². The van der Waals surface area contributed by atoms with Crippen molar-refractivity contribution in [3.63, 3.8) is 0 Å². The highest BCUT2D eigenvalue weighted by molar-refractivity contribution is 9.10. The minimum Gasteiger partial charge on any atom is -0.336 e. The van der Waals surface area contributed by atoms with Gasteiger partial charge in [-0.3, -0.25) is 4.79 Å². The Bertz CT molecular complexity index is 439. The Morgan fingerprint density at radius 1 is 1.59 bits per heavy atom. The van der Waals surface area contributed by atoms with Crippen molar-refractivity contribution >= 4 is 33.4 Å². The zero-order chi connectivity index (χ0) is 12.4. The Morgan fingerprint density at radius 2 is 2.35 bits per heavy atom. The van der Waals surface area contributed by atoms with Crippen molar-refractivity contribution in [2.45, 2.75) is 19.5 Å². The Balaban J connectivity index is 2.12. The Labute approximate surface area is 114 Å².